The first kappa shape index (κ1) is 25.1. The molecular weight excluding hydrogens is 540 g/mol. The second-order valence-corrected chi connectivity index (χ2v) is 13.1. The van der Waals surface area contributed by atoms with Gasteiger partial charge in [0.1, 0.15) is 16.0 Å². The van der Waals surface area contributed by atoms with Crippen LogP contribution >= 0.6 is 34.3 Å². The van der Waals surface area contributed by atoms with Crippen molar-refractivity contribution in [3.8, 4) is 5.75 Å². The van der Waals surface area contributed by atoms with Gasteiger partial charge in [0.05, 0.1) is 28.2 Å². The zero-order chi connectivity index (χ0) is 25.3. The van der Waals surface area contributed by atoms with Crippen LogP contribution in [0, 0.1) is 0 Å². The van der Waals surface area contributed by atoms with Crippen LogP contribution < -0.4 is 9.64 Å². The van der Waals surface area contributed by atoms with Crippen molar-refractivity contribution in [2.45, 2.75) is 36.1 Å². The molecule has 1 unspecified atom stereocenters. The van der Waals surface area contributed by atoms with Crippen LogP contribution in [0.4, 0.5) is 5.13 Å². The van der Waals surface area contributed by atoms with Gasteiger partial charge >= 0.3 is 0 Å². The number of methoxy groups -OCH3 is 1. The van der Waals surface area contributed by atoms with E-state index < -0.39 is 16.1 Å². The summed E-state index contributed by atoms with van der Waals surface area (Å²) in [7, 11) is -2.29. The number of ether oxygens (including phenoxy) is 1. The Morgan fingerprint density at radius 3 is 2.81 bits per heavy atom. The van der Waals surface area contributed by atoms with E-state index in [1.165, 1.54) is 21.7 Å². The highest BCUT2D eigenvalue weighted by Gasteiger charge is 2.41. The number of sulfonamides is 1. The van der Waals surface area contributed by atoms with Crippen molar-refractivity contribution in [3.63, 3.8) is 0 Å². The van der Waals surface area contributed by atoms with Gasteiger partial charge in [-0.05, 0) is 48.7 Å². The Morgan fingerprint density at radius 1 is 1.22 bits per heavy atom. The number of halogens is 1. The molecule has 0 aliphatic carbocycles. The predicted octanol–water partition coefficient (Wildman–Crippen LogP) is 5.19. The lowest BCUT2D eigenvalue weighted by molar-refractivity contribution is -0.123. The SMILES string of the molecule is COc1ccc2sc(N(Cc3cccnc3)C(=O)C3CCCCN3S(=O)(=O)c3ccc(Cl)s3)nc2c1. The average molecular weight is 563 g/mol. The predicted molar refractivity (Wildman–Crippen MR) is 142 cm³/mol. The quantitative estimate of drug-likeness (QED) is 0.308. The van der Waals surface area contributed by atoms with Crippen molar-refractivity contribution in [3.05, 3.63) is 64.8 Å². The second-order valence-electron chi connectivity index (χ2n) is 8.30. The van der Waals surface area contributed by atoms with E-state index in [1.54, 1.807) is 36.5 Å². The molecule has 0 N–H and O–H groups in total. The Hall–Kier alpha value is -2.57. The van der Waals surface area contributed by atoms with Crippen LogP contribution in [-0.4, -0.2) is 48.3 Å². The number of hydrogen-bond acceptors (Lipinski definition) is 8. The van der Waals surface area contributed by atoms with Gasteiger partial charge in [0, 0.05) is 25.0 Å². The van der Waals surface area contributed by atoms with Crippen LogP contribution in [-0.2, 0) is 21.4 Å². The molecule has 0 radical (unpaired) electrons. The van der Waals surface area contributed by atoms with Crippen LogP contribution in [0.1, 0.15) is 24.8 Å². The topological polar surface area (TPSA) is 92.7 Å². The van der Waals surface area contributed by atoms with E-state index in [1.807, 2.05) is 24.3 Å². The molecule has 1 aliphatic heterocycles. The minimum absolute atomic E-state index is 0.137. The molecule has 5 rings (SSSR count). The molecule has 12 heteroatoms. The molecule has 1 amide bonds. The molecule has 1 saturated heterocycles. The summed E-state index contributed by atoms with van der Waals surface area (Å²) < 4.78 is 35.1. The Labute approximate surface area is 222 Å². The van der Waals surface area contributed by atoms with Gasteiger partial charge in [0.2, 0.25) is 5.91 Å². The van der Waals surface area contributed by atoms with Crippen LogP contribution in [0.3, 0.4) is 0 Å². The molecule has 0 saturated carbocycles. The number of thiophene rings is 1. The molecule has 1 atom stereocenters. The minimum Gasteiger partial charge on any atom is -0.497 e. The van der Waals surface area contributed by atoms with Crippen molar-refractivity contribution in [1.29, 1.82) is 0 Å². The van der Waals surface area contributed by atoms with Gasteiger partial charge in [-0.25, -0.2) is 13.4 Å². The monoisotopic (exact) mass is 562 g/mol. The third kappa shape index (κ3) is 4.98. The van der Waals surface area contributed by atoms with Crippen molar-refractivity contribution < 1.29 is 17.9 Å². The van der Waals surface area contributed by atoms with Gasteiger partial charge in [0.25, 0.3) is 10.0 Å². The second kappa shape index (κ2) is 10.4. The third-order valence-corrected chi connectivity index (χ3v) is 10.7. The van der Waals surface area contributed by atoms with Crippen LogP contribution in [0.2, 0.25) is 4.34 Å². The minimum atomic E-state index is -3.88. The smallest absolute Gasteiger partial charge is 0.253 e. The normalized spacial score (nSPS) is 16.8. The summed E-state index contributed by atoms with van der Waals surface area (Å²) in [4.78, 5) is 24.6. The fraction of sp³-hybridized carbons (Fsp3) is 0.292. The van der Waals surface area contributed by atoms with Gasteiger partial charge in [-0.15, -0.1) is 11.3 Å². The fourth-order valence-electron chi connectivity index (χ4n) is 4.22. The number of hydrogen-bond donors (Lipinski definition) is 0. The van der Waals surface area contributed by atoms with Crippen molar-refractivity contribution in [2.24, 2.45) is 0 Å². The maximum Gasteiger partial charge on any atom is 0.253 e. The van der Waals surface area contributed by atoms with Gasteiger partial charge in [-0.1, -0.05) is 35.4 Å². The Morgan fingerprint density at radius 2 is 2.08 bits per heavy atom. The number of aromatic nitrogens is 2. The number of amides is 1. The van der Waals surface area contributed by atoms with Gasteiger partial charge in [-0.3, -0.25) is 14.7 Å². The van der Waals surface area contributed by atoms with E-state index in [-0.39, 0.29) is 23.2 Å². The number of carbonyl (C=O) groups excluding carboxylic acids is 1. The molecule has 3 aromatic heterocycles. The summed E-state index contributed by atoms with van der Waals surface area (Å²) in [5.41, 5.74) is 1.53. The number of carbonyl (C=O) groups is 1. The summed E-state index contributed by atoms with van der Waals surface area (Å²) in [6.45, 7) is 0.491. The zero-order valence-corrected chi connectivity index (χ0v) is 22.5. The zero-order valence-electron chi connectivity index (χ0n) is 19.3. The number of nitrogens with zero attached hydrogens (tertiary/aromatic N) is 4. The van der Waals surface area contributed by atoms with Crippen LogP contribution in [0.25, 0.3) is 10.2 Å². The molecule has 4 heterocycles. The number of thiazole rings is 1. The van der Waals surface area contributed by atoms with Crippen molar-refractivity contribution >= 4 is 65.6 Å². The highest BCUT2D eigenvalue weighted by molar-refractivity contribution is 7.91. The van der Waals surface area contributed by atoms with Gasteiger partial charge in [0.15, 0.2) is 5.13 Å². The number of anilines is 1. The first-order valence-electron chi connectivity index (χ1n) is 11.3. The van der Waals surface area contributed by atoms with Gasteiger partial charge in [-0.2, -0.15) is 4.31 Å². The van der Waals surface area contributed by atoms with E-state index in [0.717, 1.165) is 28.0 Å². The molecule has 0 bridgehead atoms. The van der Waals surface area contributed by atoms with Crippen LogP contribution in [0.15, 0.2) is 59.1 Å². The van der Waals surface area contributed by atoms with Gasteiger partial charge < -0.3 is 4.74 Å². The molecule has 36 heavy (non-hydrogen) atoms. The highest BCUT2D eigenvalue weighted by Crippen LogP contribution is 2.36. The molecule has 188 valence electrons. The summed E-state index contributed by atoms with van der Waals surface area (Å²) in [5, 5.41) is 0.495. The third-order valence-electron chi connectivity index (χ3n) is 5.99. The lowest BCUT2D eigenvalue weighted by atomic mass is 10.0. The number of pyridine rings is 1. The van der Waals surface area contributed by atoms with Crippen LogP contribution in [0.5, 0.6) is 5.75 Å². The summed E-state index contributed by atoms with van der Waals surface area (Å²) in [5.74, 6) is 0.361. The lowest BCUT2D eigenvalue weighted by Gasteiger charge is -2.35. The maximum atomic E-state index is 14.1. The number of rotatable bonds is 7. The Bertz CT molecular complexity index is 1490. The van der Waals surface area contributed by atoms with E-state index in [0.29, 0.717) is 33.6 Å². The summed E-state index contributed by atoms with van der Waals surface area (Å²) in [6.07, 6.45) is 5.23. The average Bonchev–Trinajstić information content (AvgIpc) is 3.53. The molecule has 1 fully saturated rings. The lowest BCUT2D eigenvalue weighted by Crippen LogP contribution is -2.52. The van der Waals surface area contributed by atoms with E-state index >= 15 is 0 Å². The standard InChI is InChI=1S/C24H23ClN4O4S3/c1-33-17-7-8-20-18(13-17)27-24(34-20)28(15-16-5-4-11-26-14-16)23(30)19-6-2-3-12-29(19)36(31,32)22-10-9-21(25)35-22/h4-5,7-11,13-14,19H,2-3,6,12,15H2,1H3. The Balaban J connectivity index is 1.54. The number of piperidine rings is 1. The van der Waals surface area contributed by atoms with Crippen molar-refractivity contribution in [1.82, 2.24) is 14.3 Å². The first-order chi connectivity index (χ1) is 17.4. The first-order valence-corrected chi connectivity index (χ1v) is 14.7. The molecular formula is C24H23ClN4O4S3. The molecule has 8 nitrogen and oxygen atoms in total. The number of fused-ring (bicyclic) bond motifs is 1. The fourth-order valence-corrected chi connectivity index (χ4v) is 8.44. The van der Waals surface area contributed by atoms with E-state index in [4.69, 9.17) is 21.3 Å². The highest BCUT2D eigenvalue weighted by atomic mass is 35.5. The molecule has 1 aromatic carbocycles. The Kier molecular flexibility index (Phi) is 7.27. The summed E-state index contributed by atoms with van der Waals surface area (Å²) in [6, 6.07) is 11.5. The largest absolute Gasteiger partial charge is 0.497 e. The summed E-state index contributed by atoms with van der Waals surface area (Å²) >= 11 is 8.40. The number of benzene rings is 1. The van der Waals surface area contributed by atoms with Crippen molar-refractivity contribution in [2.75, 3.05) is 18.6 Å². The van der Waals surface area contributed by atoms with E-state index in [9.17, 15) is 13.2 Å². The molecule has 0 spiro atoms. The molecule has 4 aromatic rings. The molecule has 1 aliphatic rings. The van der Waals surface area contributed by atoms with E-state index in [2.05, 4.69) is 4.98 Å². The maximum absolute atomic E-state index is 14.1.